The molecule has 0 spiro atoms. The zero-order chi connectivity index (χ0) is 11.4. The highest BCUT2D eigenvalue weighted by atomic mass is 31.1. The van der Waals surface area contributed by atoms with E-state index in [0.29, 0.717) is 5.30 Å². The molecule has 1 aromatic rings. The number of hydrogen-bond donors (Lipinski definition) is 2. The summed E-state index contributed by atoms with van der Waals surface area (Å²) >= 11 is 0. The average molecular weight is 229 g/mol. The lowest BCUT2D eigenvalue weighted by Crippen LogP contribution is -2.22. The molecule has 0 aliphatic heterocycles. The fourth-order valence-corrected chi connectivity index (χ4v) is 2.05. The minimum absolute atomic E-state index is 0.0485. The minimum Gasteiger partial charge on any atom is -0.374 e. The number of non-ortho nitro benzene ring substituents is 1. The van der Waals surface area contributed by atoms with Crippen LogP contribution < -0.4 is 11.0 Å². The molecule has 0 aromatic heterocycles. The highest BCUT2D eigenvalue weighted by molar-refractivity contribution is 7.53. The monoisotopic (exact) mass is 229 g/mol. The van der Waals surface area contributed by atoms with Gasteiger partial charge in [-0.3, -0.25) is 10.1 Å². The molecule has 0 saturated carbocycles. The van der Waals surface area contributed by atoms with Gasteiger partial charge in [0.1, 0.15) is 6.23 Å². The molecule has 0 bridgehead atoms. The van der Waals surface area contributed by atoms with Crippen molar-refractivity contribution in [3.05, 3.63) is 34.4 Å². The van der Waals surface area contributed by atoms with Crippen molar-refractivity contribution >= 4 is 18.8 Å². The van der Waals surface area contributed by atoms with Crippen molar-refractivity contribution in [3.63, 3.8) is 0 Å². The lowest BCUT2D eigenvalue weighted by Gasteiger charge is -1.94. The van der Waals surface area contributed by atoms with Crippen molar-refractivity contribution < 1.29 is 14.6 Å². The summed E-state index contributed by atoms with van der Waals surface area (Å²) in [5.74, 6) is 0. The molecule has 0 heterocycles. The van der Waals surface area contributed by atoms with Crippen molar-refractivity contribution in [2.75, 3.05) is 6.16 Å². The maximum atomic E-state index is 11.5. The third-order valence-electron chi connectivity index (χ3n) is 1.70. The topological polar surface area (TPSA) is 106 Å². The summed E-state index contributed by atoms with van der Waals surface area (Å²) < 4.78 is 11.5. The van der Waals surface area contributed by atoms with Crippen LogP contribution in [0.3, 0.4) is 0 Å². The molecule has 0 radical (unpaired) electrons. The first-order valence-electron chi connectivity index (χ1n) is 4.13. The maximum Gasteiger partial charge on any atom is 0.381 e. The molecule has 2 atom stereocenters. The second-order valence-corrected chi connectivity index (χ2v) is 4.54. The van der Waals surface area contributed by atoms with Gasteiger partial charge in [-0.1, -0.05) is 4.57 Å². The number of aliphatic hydroxyl groups is 1. The largest absolute Gasteiger partial charge is 0.381 e. The Morgan fingerprint density at radius 2 is 2.00 bits per heavy atom. The van der Waals surface area contributed by atoms with Gasteiger partial charge >= 0.3 is 7.80 Å². The van der Waals surface area contributed by atoms with Crippen molar-refractivity contribution in [1.82, 2.24) is 0 Å². The highest BCUT2D eigenvalue weighted by Gasteiger charge is 2.23. The molecule has 3 N–H and O–H groups in total. The number of hydrogen-bond acceptors (Lipinski definition) is 5. The van der Waals surface area contributed by atoms with E-state index in [9.17, 15) is 14.7 Å². The summed E-state index contributed by atoms with van der Waals surface area (Å²) in [5, 5.41) is 19.6. The second-order valence-electron chi connectivity index (χ2n) is 2.90. The van der Waals surface area contributed by atoms with Crippen molar-refractivity contribution in [3.8, 4) is 0 Å². The highest BCUT2D eigenvalue weighted by Crippen LogP contribution is 2.21. The Hall–Kier alpha value is -1.36. The van der Waals surface area contributed by atoms with E-state index < -0.39 is 19.0 Å². The molecule has 1 aromatic carbocycles. The molecule has 0 amide bonds. The van der Waals surface area contributed by atoms with Crippen LogP contribution in [0.2, 0.25) is 0 Å². The summed E-state index contributed by atoms with van der Waals surface area (Å²) in [4.78, 5) is 9.80. The van der Waals surface area contributed by atoms with Crippen LogP contribution in [0, 0.1) is 10.1 Å². The summed E-state index contributed by atoms with van der Waals surface area (Å²) in [5.41, 5.74) is 5.01. The number of rotatable bonds is 4. The van der Waals surface area contributed by atoms with E-state index in [1.165, 1.54) is 24.3 Å². The number of nitro benzene ring substituents is 1. The molecule has 0 saturated heterocycles. The molecule has 0 aliphatic rings. The number of nitrogens with two attached hydrogens (primary N) is 1. The smallest absolute Gasteiger partial charge is 0.374 e. The van der Waals surface area contributed by atoms with Crippen LogP contribution in [-0.4, -0.2) is 22.4 Å². The normalized spacial score (nSPS) is 13.3. The zero-order valence-corrected chi connectivity index (χ0v) is 8.63. The van der Waals surface area contributed by atoms with Gasteiger partial charge in [-0.15, -0.1) is 0 Å². The molecule has 15 heavy (non-hydrogen) atoms. The molecular weight excluding hydrogens is 219 g/mol. The molecule has 0 aliphatic carbocycles. The molecule has 6 nitrogen and oxygen atoms in total. The standard InChI is InChI=1S/C8H10N2O4P/c9-8(11)5-15(14)7-3-1-6(2-4-7)10(12)13/h1-4,8,11H,5,9H2/q+1. The molecule has 1 rings (SSSR count). The first-order chi connectivity index (χ1) is 7.00. The second kappa shape index (κ2) is 4.93. The third-order valence-corrected chi connectivity index (χ3v) is 3.28. The van der Waals surface area contributed by atoms with Gasteiger partial charge in [0.25, 0.3) is 5.69 Å². The van der Waals surface area contributed by atoms with Crippen LogP contribution >= 0.6 is 7.80 Å². The van der Waals surface area contributed by atoms with Crippen LogP contribution in [0.5, 0.6) is 0 Å². The minimum atomic E-state index is -1.79. The summed E-state index contributed by atoms with van der Waals surface area (Å²) in [6, 6.07) is 5.34. The first kappa shape index (κ1) is 11.7. The van der Waals surface area contributed by atoms with Gasteiger partial charge in [0.05, 0.1) is 4.92 Å². The van der Waals surface area contributed by atoms with E-state index in [1.807, 2.05) is 0 Å². The molecule has 80 valence electrons. The van der Waals surface area contributed by atoms with Gasteiger partial charge in [0.2, 0.25) is 0 Å². The van der Waals surface area contributed by atoms with E-state index in [1.54, 1.807) is 0 Å². The zero-order valence-electron chi connectivity index (χ0n) is 7.74. The Kier molecular flexibility index (Phi) is 3.85. The fourth-order valence-electron chi connectivity index (χ4n) is 1.02. The molecule has 2 unspecified atom stereocenters. The van der Waals surface area contributed by atoms with Gasteiger partial charge in [-0.2, -0.15) is 0 Å². The van der Waals surface area contributed by atoms with Crippen LogP contribution in [0.15, 0.2) is 24.3 Å². The summed E-state index contributed by atoms with van der Waals surface area (Å²) in [7, 11) is -1.79. The summed E-state index contributed by atoms with van der Waals surface area (Å²) in [6.07, 6.45) is -1.18. The quantitative estimate of drug-likeness (QED) is 0.334. The van der Waals surface area contributed by atoms with E-state index in [-0.39, 0.29) is 11.8 Å². The predicted octanol–water partition coefficient (Wildman–Crippen LogP) is 0.325. The number of nitro groups is 1. The molecule has 0 fully saturated rings. The number of nitrogens with zero attached hydrogens (tertiary/aromatic N) is 1. The Morgan fingerprint density at radius 3 is 2.40 bits per heavy atom. The summed E-state index contributed by atoms with van der Waals surface area (Å²) in [6.45, 7) is 0. The van der Waals surface area contributed by atoms with Gasteiger partial charge in [0, 0.05) is 12.1 Å². The van der Waals surface area contributed by atoms with Crippen LogP contribution in [0.25, 0.3) is 0 Å². The Morgan fingerprint density at radius 1 is 1.47 bits per heavy atom. The molecular formula is C8H10N2O4P+. The lowest BCUT2D eigenvalue weighted by molar-refractivity contribution is -0.384. The predicted molar refractivity (Wildman–Crippen MR) is 55.4 cm³/mol. The number of benzene rings is 1. The average Bonchev–Trinajstić information content (AvgIpc) is 2.17. The van der Waals surface area contributed by atoms with E-state index in [2.05, 4.69) is 0 Å². The van der Waals surface area contributed by atoms with Crippen LogP contribution in [0.4, 0.5) is 5.69 Å². The van der Waals surface area contributed by atoms with E-state index in [4.69, 9.17) is 10.8 Å². The third kappa shape index (κ3) is 3.36. The Labute approximate surface area is 86.7 Å². The lowest BCUT2D eigenvalue weighted by atomic mass is 10.3. The van der Waals surface area contributed by atoms with Crippen molar-refractivity contribution in [1.29, 1.82) is 0 Å². The molecule has 7 heteroatoms. The van der Waals surface area contributed by atoms with Gasteiger partial charge < -0.3 is 10.8 Å². The van der Waals surface area contributed by atoms with Gasteiger partial charge in [-0.05, 0) is 12.1 Å². The van der Waals surface area contributed by atoms with Crippen LogP contribution in [-0.2, 0) is 4.57 Å². The van der Waals surface area contributed by atoms with Crippen LogP contribution in [0.1, 0.15) is 0 Å². The maximum absolute atomic E-state index is 11.5. The Balaban J connectivity index is 2.80. The fraction of sp³-hybridized carbons (Fsp3) is 0.250. The van der Waals surface area contributed by atoms with E-state index >= 15 is 0 Å². The van der Waals surface area contributed by atoms with Gasteiger partial charge in [-0.25, -0.2) is 0 Å². The van der Waals surface area contributed by atoms with Crippen molar-refractivity contribution in [2.24, 2.45) is 5.73 Å². The van der Waals surface area contributed by atoms with E-state index in [0.717, 1.165) is 0 Å². The van der Waals surface area contributed by atoms with Crippen molar-refractivity contribution in [2.45, 2.75) is 6.23 Å². The SMILES string of the molecule is NC(O)C[P+](=O)c1ccc([N+](=O)[O-])cc1. The first-order valence-corrected chi connectivity index (χ1v) is 5.58. The number of aliphatic hydroxyl groups excluding tert-OH is 1. The van der Waals surface area contributed by atoms with Gasteiger partial charge in [0.15, 0.2) is 11.5 Å². The Bertz CT molecular complexity index is 377.